The summed E-state index contributed by atoms with van der Waals surface area (Å²) in [5, 5.41) is 73.6. The Morgan fingerprint density at radius 2 is 0.724 bits per heavy atom. The van der Waals surface area contributed by atoms with Gasteiger partial charge in [-0.25, -0.2) is 53.2 Å². The Morgan fingerprint density at radius 1 is 0.414 bits per heavy atom. The van der Waals surface area contributed by atoms with Gasteiger partial charge in [0.15, 0.2) is 34.1 Å². The van der Waals surface area contributed by atoms with Gasteiger partial charge in [0.05, 0.1) is 86.6 Å². The second-order valence-electron chi connectivity index (χ2n) is 35.7. The van der Waals surface area contributed by atoms with Crippen molar-refractivity contribution in [2.24, 2.45) is 0 Å². The Kier molecular flexibility index (Phi) is 27.1. The standard InChI is InChI=1S/C21H18FN7O2.C20H18N8O2.C19H17N7O2S.C19H23N7O2.C18H21N7O2/c1-11-12(7-19(30)25-11)6-13-9-24-29-18(26-14-2-3-14)8-17(27-20(13)29)28-21(31)15-4-5-23-10-16(15)22;1-11-12(7-18(29)24-11)6-13-9-23-28-17(25-14-2-3-14)8-16(26-19(13)28)27-20(30)15-4-5-21-10-22-15;1-10-11(5-17(27)22-10)4-12-7-20-26-16(23-14-2-3-14)6-15(24-18(12)26)25-19(28)13-8-21-29-9-13;1-10(2)21-19(28)25-15-8-16(23-14-4-5-14)26-18(24-15)13(9-20-26)6-12-7-17(27)22-11(12)3;1-3-19-18(27)24-14-8-15(22-13-4-5-13)25-17(23-14)12(9-20-25)6-11-7-16(26)21-10(11)2/h4-6,8-10,14,26H,1-3,7H2,(H,25,30)(H,27,28,31);4-6,8-10,14,25H,1-3,7H2,(H,24,29)(H,26,27,30);4,6-9,14,23H,1-3,5H2,(H,22,27)(H,24,25,28);6,8-10,14,23H,3-5,7H2,1-2H3,(H,22,27)(H2,21,24,25,28);6,8-9,13,22H,2-5,7H2,1H3,(H,21,26)(H2,19,23,24,27)/b2*12-6+;11-4+;12-6+;11-6+. The number of urea groups is 2. The maximum Gasteiger partial charge on any atom is 0.320 e. The molecular weight excluding hydrogens is 1880 g/mol. The van der Waals surface area contributed by atoms with Gasteiger partial charge in [0, 0.05) is 147 Å². The third-order valence-electron chi connectivity index (χ3n) is 23.4. The molecule has 0 unspecified atom stereocenters. The second-order valence-corrected chi connectivity index (χ2v) is 36.4. The van der Waals surface area contributed by atoms with Gasteiger partial charge in [0.2, 0.25) is 29.5 Å². The van der Waals surface area contributed by atoms with Crippen molar-refractivity contribution in [3.05, 3.63) is 250 Å². The monoisotopic (exact) mass is 1980 g/mol. The van der Waals surface area contributed by atoms with E-state index < -0.39 is 11.7 Å². The molecule has 5 saturated heterocycles. The Balaban J connectivity index is 0.000000115. The average Bonchev–Trinajstić information content (AvgIpc) is 1.65. The number of aromatic nitrogens is 19. The van der Waals surface area contributed by atoms with Crippen LogP contribution in [-0.2, 0) is 24.0 Å². The van der Waals surface area contributed by atoms with Crippen molar-refractivity contribution in [1.29, 1.82) is 0 Å². The molecule has 5 aliphatic carbocycles. The smallest absolute Gasteiger partial charge is 0.320 e. The normalized spacial score (nSPS) is 17.7. The Hall–Kier alpha value is -18.4. The van der Waals surface area contributed by atoms with Crippen molar-refractivity contribution in [2.45, 2.75) is 153 Å². The van der Waals surface area contributed by atoms with E-state index in [9.17, 15) is 52.3 Å². The van der Waals surface area contributed by atoms with Crippen molar-refractivity contribution in [3.63, 3.8) is 0 Å². The van der Waals surface area contributed by atoms with Crippen molar-refractivity contribution in [2.75, 3.05) is 59.7 Å². The topological polar surface area (TPSA) is 578 Å². The van der Waals surface area contributed by atoms with Gasteiger partial charge in [0.1, 0.15) is 70.2 Å². The van der Waals surface area contributed by atoms with Crippen LogP contribution in [0.3, 0.4) is 0 Å². The number of pyridine rings is 1. The van der Waals surface area contributed by atoms with E-state index in [1.54, 1.807) is 95.3 Å². The molecule has 5 aliphatic heterocycles. The van der Waals surface area contributed by atoms with Crippen LogP contribution in [0, 0.1) is 5.82 Å². The van der Waals surface area contributed by atoms with E-state index >= 15 is 0 Å². The van der Waals surface area contributed by atoms with E-state index in [1.807, 2.05) is 45.1 Å². The molecule has 10 fully saturated rings. The van der Waals surface area contributed by atoms with Crippen molar-refractivity contribution in [3.8, 4) is 0 Å². The molecule has 0 bridgehead atoms. The van der Waals surface area contributed by atoms with Gasteiger partial charge >= 0.3 is 12.1 Å². The fraction of sp³-hybridized carbons (Fsp3) is 0.258. The number of allylic oxidation sites excluding steroid dienone is 5. The van der Waals surface area contributed by atoms with E-state index in [0.717, 1.165) is 144 Å². The minimum Gasteiger partial charge on any atom is -0.367 e. The molecule has 13 aromatic rings. The molecule has 13 aromatic heterocycles. The zero-order valence-electron chi connectivity index (χ0n) is 78.5. The number of halogens is 1. The molecule has 0 aromatic carbocycles. The number of nitrogens with one attached hydrogen (secondary N) is 17. The summed E-state index contributed by atoms with van der Waals surface area (Å²) in [4.78, 5) is 154. The molecule has 738 valence electrons. The second kappa shape index (κ2) is 41.2. The first-order valence-electron chi connectivity index (χ1n) is 46.6. The molecule has 48 heteroatoms. The summed E-state index contributed by atoms with van der Waals surface area (Å²) in [6.07, 6.45) is 36.4. The first kappa shape index (κ1) is 95.5. The molecule has 46 nitrogen and oxygen atoms in total. The molecule has 12 amide bonds. The molecule has 17 N–H and O–H groups in total. The number of nitrogens with zero attached hydrogens (tertiary/aromatic N) is 19. The highest BCUT2D eigenvalue weighted by Gasteiger charge is 2.33. The Labute approximate surface area is 827 Å². The van der Waals surface area contributed by atoms with E-state index in [1.165, 1.54) is 48.6 Å². The van der Waals surface area contributed by atoms with Gasteiger partial charge in [0.25, 0.3) is 17.7 Å². The molecule has 0 radical (unpaired) electrons. The van der Waals surface area contributed by atoms with Gasteiger partial charge in [-0.2, -0.15) is 48.1 Å². The van der Waals surface area contributed by atoms with Gasteiger partial charge in [-0.15, -0.1) is 0 Å². The molecule has 18 heterocycles. The van der Waals surface area contributed by atoms with Crippen LogP contribution in [0.2, 0.25) is 0 Å². The summed E-state index contributed by atoms with van der Waals surface area (Å²) in [6.45, 7) is 25.5. The van der Waals surface area contributed by atoms with Crippen LogP contribution in [0.25, 0.3) is 58.6 Å². The highest BCUT2D eigenvalue weighted by molar-refractivity contribution is 7.03. The molecule has 5 saturated carbocycles. The number of carbonyl (C=O) groups excluding carboxylic acids is 10. The van der Waals surface area contributed by atoms with Crippen LogP contribution in [0.1, 0.15) is 176 Å². The van der Waals surface area contributed by atoms with Gasteiger partial charge in [-0.1, -0.05) is 32.9 Å². The highest BCUT2D eigenvalue weighted by Crippen LogP contribution is 2.37. The van der Waals surface area contributed by atoms with Crippen molar-refractivity contribution in [1.82, 2.24) is 130 Å². The number of amides is 12. The van der Waals surface area contributed by atoms with Crippen molar-refractivity contribution < 1.29 is 52.3 Å². The SMILES string of the molecule is C=C1NC(=O)C/C1=C\c1cnn2c(NC3CC3)cc(NC(=O)NC(C)C)nc12.C=C1NC(=O)C/C1=C\c1cnn2c(NC3CC3)cc(NC(=O)NCC)nc12.C=C1NC(=O)C/C1=C\c1cnn2c(NC3CC3)cc(NC(=O)c3ccncc3F)nc12.C=C1NC(=O)C/C1=C\c1cnn2c(NC3CC3)cc(NC(=O)c3ccncn3)nc12.C=C1NC(=O)C/C1=C\c1cnn2c(NC3CC3)cc(NC(=O)c3cnsc3)nc12. The maximum atomic E-state index is 13.9. The van der Waals surface area contributed by atoms with Gasteiger partial charge < -0.3 is 79.8 Å². The lowest BCUT2D eigenvalue weighted by atomic mass is 10.1. The molecule has 145 heavy (non-hydrogen) atoms. The number of rotatable bonds is 25. The fourth-order valence-corrected chi connectivity index (χ4v) is 16.0. The van der Waals surface area contributed by atoms with Crippen LogP contribution in [0.4, 0.5) is 72.2 Å². The van der Waals surface area contributed by atoms with Crippen LogP contribution in [0.5, 0.6) is 0 Å². The zero-order valence-corrected chi connectivity index (χ0v) is 79.3. The molecule has 10 aliphatic rings. The third-order valence-corrected chi connectivity index (χ3v) is 24.0. The first-order chi connectivity index (χ1) is 70.0. The molecule has 0 atom stereocenters. The van der Waals surface area contributed by atoms with Crippen LogP contribution in [-0.4, -0.2) is 194 Å². The minimum atomic E-state index is -0.718. The predicted octanol–water partition coefficient (Wildman–Crippen LogP) is 10.8. The van der Waals surface area contributed by atoms with E-state index in [0.29, 0.717) is 134 Å². The number of anilines is 10. The molecule has 23 rings (SSSR count). The molecular formula is C97H97FN36O10S. The van der Waals surface area contributed by atoms with Crippen molar-refractivity contribution >= 4 is 188 Å². The van der Waals surface area contributed by atoms with Gasteiger partial charge in [-0.3, -0.25) is 54.0 Å². The largest absolute Gasteiger partial charge is 0.367 e. The number of fused-ring (bicyclic) bond motifs is 5. The summed E-state index contributed by atoms with van der Waals surface area (Å²) in [5.74, 6) is 3.07. The zero-order chi connectivity index (χ0) is 101. The third kappa shape index (κ3) is 23.4. The lowest BCUT2D eigenvalue weighted by Crippen LogP contribution is -2.34. The summed E-state index contributed by atoms with van der Waals surface area (Å²) in [6, 6.07) is 12.9. The van der Waals surface area contributed by atoms with Crippen LogP contribution >= 0.6 is 11.5 Å². The first-order valence-corrected chi connectivity index (χ1v) is 47.4. The summed E-state index contributed by atoms with van der Waals surface area (Å²) < 4.78 is 26.4. The van der Waals surface area contributed by atoms with Gasteiger partial charge in [-0.05, 0) is 167 Å². The lowest BCUT2D eigenvalue weighted by Gasteiger charge is -2.12. The minimum absolute atomic E-state index is 0.0152. The summed E-state index contributed by atoms with van der Waals surface area (Å²) in [5.41, 5.74) is 13.8. The summed E-state index contributed by atoms with van der Waals surface area (Å²) in [7, 11) is 0. The Morgan fingerprint density at radius 3 is 1.00 bits per heavy atom. The number of carbonyl (C=O) groups is 10. The quantitative estimate of drug-likeness (QED) is 0.0253. The van der Waals surface area contributed by atoms with E-state index in [2.05, 4.69) is 193 Å². The van der Waals surface area contributed by atoms with Crippen LogP contribution in [0.15, 0.2) is 199 Å². The number of hydrogen-bond acceptors (Lipinski definition) is 30. The summed E-state index contributed by atoms with van der Waals surface area (Å²) >= 11 is 1.22. The number of hydrogen-bond donors (Lipinski definition) is 17. The average molecular weight is 1980 g/mol. The fourth-order valence-electron chi connectivity index (χ4n) is 15.5. The van der Waals surface area contributed by atoms with E-state index in [-0.39, 0.29) is 109 Å². The predicted molar refractivity (Wildman–Crippen MR) is 540 cm³/mol. The lowest BCUT2D eigenvalue weighted by molar-refractivity contribution is -0.119. The Bertz CT molecular complexity index is 7710. The highest BCUT2D eigenvalue weighted by atomic mass is 32.1. The van der Waals surface area contributed by atoms with Crippen LogP contribution < -0.4 is 90.4 Å². The maximum absolute atomic E-state index is 13.9. The molecule has 0 spiro atoms. The van der Waals surface area contributed by atoms with E-state index in [4.69, 9.17) is 0 Å².